The lowest BCUT2D eigenvalue weighted by molar-refractivity contribution is 0.818. The van der Waals surface area contributed by atoms with Gasteiger partial charge in [0.15, 0.2) is 0 Å². The van der Waals surface area contributed by atoms with Gasteiger partial charge in [0.25, 0.3) is 5.56 Å². The van der Waals surface area contributed by atoms with Gasteiger partial charge in [-0.25, -0.2) is 4.98 Å². The molecule has 7 heteroatoms. The lowest BCUT2D eigenvalue weighted by atomic mass is 10.1. The molecule has 0 amide bonds. The van der Waals surface area contributed by atoms with Crippen LogP contribution in [0.2, 0.25) is 0 Å². The topological polar surface area (TPSA) is 74.3 Å². The van der Waals surface area contributed by atoms with Gasteiger partial charge in [-0.15, -0.1) is 11.3 Å². The average molecular weight is 394 g/mol. The first-order chi connectivity index (χ1) is 13.6. The van der Waals surface area contributed by atoms with Crippen LogP contribution in [0.1, 0.15) is 36.3 Å². The lowest BCUT2D eigenvalue weighted by Gasteiger charge is -2.22. The Morgan fingerprint density at radius 2 is 2.18 bits per heavy atom. The second-order valence-corrected chi connectivity index (χ2v) is 7.57. The Kier molecular flexibility index (Phi) is 6.22. The number of hydrogen-bond donors (Lipinski definition) is 0. The third-order valence-electron chi connectivity index (χ3n) is 4.65. The van der Waals surface area contributed by atoms with Gasteiger partial charge in [-0.2, -0.15) is 15.0 Å². The summed E-state index contributed by atoms with van der Waals surface area (Å²) in [4.78, 5) is 21.1. The highest BCUT2D eigenvalue weighted by molar-refractivity contribution is 7.18. The van der Waals surface area contributed by atoms with E-state index in [1.807, 2.05) is 25.1 Å². The number of nitriles is 1. The molecule has 0 N–H and O–H groups in total. The number of rotatable bonds is 7. The van der Waals surface area contributed by atoms with Crippen LogP contribution in [-0.2, 0) is 6.42 Å². The smallest absolute Gasteiger partial charge is 0.282 e. The molecule has 0 aliphatic rings. The molecule has 1 aromatic carbocycles. The summed E-state index contributed by atoms with van der Waals surface area (Å²) in [7, 11) is 0. The van der Waals surface area contributed by atoms with Gasteiger partial charge in [-0.05, 0) is 49.6 Å². The van der Waals surface area contributed by atoms with E-state index in [2.05, 4.69) is 41.0 Å². The maximum absolute atomic E-state index is 12.6. The molecule has 2 aromatic heterocycles. The van der Waals surface area contributed by atoms with Crippen molar-refractivity contribution < 1.29 is 0 Å². The normalized spacial score (nSPS) is 11.2. The fraction of sp³-hybridized carbons (Fsp3) is 0.333. The molecule has 0 radical (unpaired) electrons. The average Bonchev–Trinajstić information content (AvgIpc) is 3.13. The zero-order valence-electron chi connectivity index (χ0n) is 16.3. The number of thiophene rings is 1. The minimum atomic E-state index is -0.153. The number of anilines is 1. The third kappa shape index (κ3) is 4.12. The predicted octanol–water partition coefficient (Wildman–Crippen LogP) is 3.95. The molecule has 0 aliphatic heterocycles. The minimum Gasteiger partial charge on any atom is -0.371 e. The van der Waals surface area contributed by atoms with E-state index in [1.54, 1.807) is 17.6 Å². The summed E-state index contributed by atoms with van der Waals surface area (Å²) in [5.74, 6) is 0. The van der Waals surface area contributed by atoms with Crippen LogP contribution < -0.4 is 10.5 Å². The van der Waals surface area contributed by atoms with Crippen molar-refractivity contribution >= 4 is 33.5 Å². The van der Waals surface area contributed by atoms with E-state index in [1.165, 1.54) is 11.0 Å². The Bertz CT molecular complexity index is 1110. The summed E-state index contributed by atoms with van der Waals surface area (Å²) in [5.41, 5.74) is 2.92. The second kappa shape index (κ2) is 8.81. The van der Waals surface area contributed by atoms with Crippen molar-refractivity contribution in [3.63, 3.8) is 0 Å². The van der Waals surface area contributed by atoms with E-state index in [0.29, 0.717) is 18.4 Å². The lowest BCUT2D eigenvalue weighted by Crippen LogP contribution is -2.23. The van der Waals surface area contributed by atoms with Crippen molar-refractivity contribution in [3.05, 3.63) is 57.0 Å². The molecule has 0 saturated carbocycles. The van der Waals surface area contributed by atoms with E-state index < -0.39 is 0 Å². The molecule has 144 valence electrons. The largest absolute Gasteiger partial charge is 0.371 e. The van der Waals surface area contributed by atoms with Crippen LogP contribution in [0.5, 0.6) is 0 Å². The molecule has 3 rings (SSSR count). The number of hydrogen-bond acceptors (Lipinski definition) is 6. The SMILES string of the molecule is CCc1cc2c(=O)n(/N=C\c3ccc(N(CC)CCC#N)cc3C)cnc2s1. The van der Waals surface area contributed by atoms with Crippen LogP contribution >= 0.6 is 11.3 Å². The van der Waals surface area contributed by atoms with Crippen LogP contribution in [-0.4, -0.2) is 29.0 Å². The Hall–Kier alpha value is -2.98. The van der Waals surface area contributed by atoms with Gasteiger partial charge in [-0.1, -0.05) is 13.0 Å². The third-order valence-corrected chi connectivity index (χ3v) is 5.84. The van der Waals surface area contributed by atoms with Crippen LogP contribution in [0.25, 0.3) is 10.2 Å². The summed E-state index contributed by atoms with van der Waals surface area (Å²) in [6.45, 7) is 7.71. The van der Waals surface area contributed by atoms with Gasteiger partial charge in [0.2, 0.25) is 0 Å². The molecule has 0 aliphatic carbocycles. The molecule has 6 nitrogen and oxygen atoms in total. The molecule has 0 fully saturated rings. The zero-order chi connectivity index (χ0) is 20.1. The maximum Gasteiger partial charge on any atom is 0.282 e. The van der Waals surface area contributed by atoms with Gasteiger partial charge in [0.05, 0.1) is 24.1 Å². The maximum atomic E-state index is 12.6. The predicted molar refractivity (Wildman–Crippen MR) is 116 cm³/mol. The number of aromatic nitrogens is 2. The summed E-state index contributed by atoms with van der Waals surface area (Å²) >= 11 is 1.55. The Labute approximate surface area is 168 Å². The van der Waals surface area contributed by atoms with Gasteiger partial charge in [-0.3, -0.25) is 4.79 Å². The van der Waals surface area contributed by atoms with E-state index in [9.17, 15) is 4.79 Å². The first kappa shape index (κ1) is 19.8. The Morgan fingerprint density at radius 3 is 2.86 bits per heavy atom. The molecule has 2 heterocycles. The van der Waals surface area contributed by atoms with Crippen molar-refractivity contribution in [2.75, 3.05) is 18.0 Å². The van der Waals surface area contributed by atoms with Crippen LogP contribution in [0.15, 0.2) is 40.5 Å². The zero-order valence-corrected chi connectivity index (χ0v) is 17.2. The van der Waals surface area contributed by atoms with Gasteiger partial charge >= 0.3 is 0 Å². The van der Waals surface area contributed by atoms with E-state index in [0.717, 1.165) is 39.5 Å². The number of nitrogens with zero attached hydrogens (tertiary/aromatic N) is 5. The molecule has 0 bridgehead atoms. The standard InChI is InChI=1S/C21H23N5OS/c1-4-18-12-19-20(28-18)23-14-26(21(19)27)24-13-16-7-8-17(11-15(16)3)25(5-2)10-6-9-22/h7-8,11-14H,4-6,10H2,1-3H3/b24-13-. The van der Waals surface area contributed by atoms with E-state index in [-0.39, 0.29) is 5.56 Å². The van der Waals surface area contributed by atoms with Crippen molar-refractivity contribution in [2.45, 2.75) is 33.6 Å². The highest BCUT2D eigenvalue weighted by atomic mass is 32.1. The van der Waals surface area contributed by atoms with E-state index in [4.69, 9.17) is 5.26 Å². The van der Waals surface area contributed by atoms with Crippen molar-refractivity contribution in [2.24, 2.45) is 5.10 Å². The first-order valence-electron chi connectivity index (χ1n) is 9.34. The quantitative estimate of drug-likeness (QED) is 0.570. The summed E-state index contributed by atoms with van der Waals surface area (Å²) in [5, 5.41) is 13.8. The Morgan fingerprint density at radius 1 is 1.36 bits per heavy atom. The fourth-order valence-corrected chi connectivity index (χ4v) is 3.93. The van der Waals surface area contributed by atoms with Gasteiger partial charge in [0.1, 0.15) is 11.2 Å². The van der Waals surface area contributed by atoms with E-state index >= 15 is 0 Å². The minimum absolute atomic E-state index is 0.153. The fourth-order valence-electron chi connectivity index (χ4n) is 3.00. The Balaban J connectivity index is 1.86. The summed E-state index contributed by atoms with van der Waals surface area (Å²) in [6, 6.07) is 10.2. The summed E-state index contributed by atoms with van der Waals surface area (Å²) < 4.78 is 1.28. The van der Waals surface area contributed by atoms with Crippen molar-refractivity contribution in [3.8, 4) is 6.07 Å². The van der Waals surface area contributed by atoms with Crippen LogP contribution in [0, 0.1) is 18.3 Å². The molecule has 0 unspecified atom stereocenters. The molecule has 0 spiro atoms. The van der Waals surface area contributed by atoms with Crippen LogP contribution in [0.4, 0.5) is 5.69 Å². The van der Waals surface area contributed by atoms with Crippen molar-refractivity contribution in [1.29, 1.82) is 5.26 Å². The highest BCUT2D eigenvalue weighted by Gasteiger charge is 2.08. The van der Waals surface area contributed by atoms with Crippen molar-refractivity contribution in [1.82, 2.24) is 9.66 Å². The number of benzene rings is 1. The molecule has 28 heavy (non-hydrogen) atoms. The van der Waals surface area contributed by atoms with Gasteiger partial charge < -0.3 is 4.90 Å². The molecular formula is C21H23N5OS. The number of aryl methyl sites for hydroxylation is 2. The molecule has 0 atom stereocenters. The molecular weight excluding hydrogens is 370 g/mol. The monoisotopic (exact) mass is 393 g/mol. The second-order valence-electron chi connectivity index (χ2n) is 6.45. The first-order valence-corrected chi connectivity index (χ1v) is 10.2. The highest BCUT2D eigenvalue weighted by Crippen LogP contribution is 2.21. The molecule has 0 saturated heterocycles. The summed E-state index contributed by atoms with van der Waals surface area (Å²) in [6.07, 6.45) is 4.55. The van der Waals surface area contributed by atoms with Gasteiger partial charge in [0, 0.05) is 23.7 Å². The molecule has 3 aromatic rings. The number of fused-ring (bicyclic) bond motifs is 1. The van der Waals surface area contributed by atoms with Crippen LogP contribution in [0.3, 0.4) is 0 Å².